The topological polar surface area (TPSA) is 63.0 Å². The second-order valence-electron chi connectivity index (χ2n) is 3.12. The van der Waals surface area contributed by atoms with E-state index >= 15 is 0 Å². The minimum absolute atomic E-state index is 0.156. The zero-order chi connectivity index (χ0) is 12.3. The summed E-state index contributed by atoms with van der Waals surface area (Å²) in [6.07, 6.45) is 2.67. The molecule has 0 unspecified atom stereocenters. The molecular formula is C10H7BrN4OS. The number of H-pyrrole nitrogens is 1. The second-order valence-corrected chi connectivity index (χ2v) is 4.43. The van der Waals surface area contributed by atoms with Crippen LogP contribution < -0.4 is 5.56 Å². The first kappa shape index (κ1) is 11.9. The van der Waals surface area contributed by atoms with Crippen LogP contribution in [0.5, 0.6) is 0 Å². The summed E-state index contributed by atoms with van der Waals surface area (Å²) in [5, 5.41) is 10.1. The lowest BCUT2D eigenvalue weighted by Crippen LogP contribution is -2.18. The predicted octanol–water partition coefficient (Wildman–Crippen LogP) is 1.95. The van der Waals surface area contributed by atoms with Gasteiger partial charge in [0.1, 0.15) is 6.20 Å². The number of hydrogen-bond donors (Lipinski definition) is 1. The fourth-order valence-electron chi connectivity index (χ4n) is 1.17. The van der Waals surface area contributed by atoms with Gasteiger partial charge in [0.25, 0.3) is 5.56 Å². The molecule has 0 saturated carbocycles. The first-order valence-electron chi connectivity index (χ1n) is 4.63. The molecular weight excluding hydrogens is 304 g/mol. The number of nitrogens with zero attached hydrogens (tertiary/aromatic N) is 3. The average Bonchev–Trinajstić information content (AvgIpc) is 2.28. The Morgan fingerprint density at radius 2 is 2.35 bits per heavy atom. The molecule has 17 heavy (non-hydrogen) atoms. The number of rotatable bonds is 2. The summed E-state index contributed by atoms with van der Waals surface area (Å²) in [6.45, 7) is 0. The summed E-state index contributed by atoms with van der Waals surface area (Å²) in [6, 6.07) is 7.53. The van der Waals surface area contributed by atoms with Gasteiger partial charge in [0.15, 0.2) is 0 Å². The van der Waals surface area contributed by atoms with E-state index in [-0.39, 0.29) is 10.3 Å². The Kier molecular flexibility index (Phi) is 3.60. The molecule has 1 aromatic carbocycles. The number of aromatic nitrogens is 3. The Morgan fingerprint density at radius 3 is 3.06 bits per heavy atom. The molecule has 86 valence electrons. The molecule has 1 N–H and O–H groups in total. The standard InChI is InChI=1S/C10H7BrN4OS/c11-8-3-1-2-7(4-8)5-13-15-9(16)6-12-14-10(15)17/h1-6H,(H,14,17). The quantitative estimate of drug-likeness (QED) is 0.681. The van der Waals surface area contributed by atoms with Crippen molar-refractivity contribution in [2.75, 3.05) is 0 Å². The van der Waals surface area contributed by atoms with Crippen molar-refractivity contribution < 1.29 is 0 Å². The summed E-state index contributed by atoms with van der Waals surface area (Å²) in [5.41, 5.74) is 0.484. The highest BCUT2D eigenvalue weighted by Gasteiger charge is 1.95. The van der Waals surface area contributed by atoms with Crippen molar-refractivity contribution in [3.63, 3.8) is 0 Å². The van der Waals surface area contributed by atoms with Crippen molar-refractivity contribution in [1.82, 2.24) is 14.9 Å². The van der Waals surface area contributed by atoms with Gasteiger partial charge < -0.3 is 0 Å². The van der Waals surface area contributed by atoms with Crippen LogP contribution in [-0.2, 0) is 0 Å². The third-order valence-electron chi connectivity index (χ3n) is 1.91. The molecule has 0 bridgehead atoms. The molecule has 2 rings (SSSR count). The average molecular weight is 311 g/mol. The predicted molar refractivity (Wildman–Crippen MR) is 70.8 cm³/mol. The maximum absolute atomic E-state index is 11.4. The van der Waals surface area contributed by atoms with E-state index in [0.717, 1.165) is 20.9 Å². The van der Waals surface area contributed by atoms with Gasteiger partial charge in [-0.25, -0.2) is 0 Å². The van der Waals surface area contributed by atoms with E-state index in [2.05, 4.69) is 31.2 Å². The smallest absolute Gasteiger partial charge is 0.265 e. The summed E-state index contributed by atoms with van der Waals surface area (Å²) in [7, 11) is 0. The monoisotopic (exact) mass is 310 g/mol. The molecule has 0 radical (unpaired) electrons. The Balaban J connectivity index is 2.39. The summed E-state index contributed by atoms with van der Waals surface area (Å²) in [4.78, 5) is 11.4. The molecule has 5 nitrogen and oxygen atoms in total. The van der Waals surface area contributed by atoms with Gasteiger partial charge in [-0.2, -0.15) is 14.9 Å². The molecule has 1 heterocycles. The molecule has 0 aliphatic rings. The molecule has 0 aliphatic heterocycles. The largest absolute Gasteiger partial charge is 0.293 e. The van der Waals surface area contributed by atoms with Crippen LogP contribution in [0.4, 0.5) is 0 Å². The van der Waals surface area contributed by atoms with E-state index in [4.69, 9.17) is 12.2 Å². The van der Waals surface area contributed by atoms with Crippen molar-refractivity contribution in [2.24, 2.45) is 5.10 Å². The SMILES string of the molecule is O=c1cn[nH]c(=S)n1N=Cc1cccc(Br)c1. The fraction of sp³-hybridized carbons (Fsp3) is 0. The normalized spacial score (nSPS) is 10.9. The lowest BCUT2D eigenvalue weighted by molar-refractivity contribution is 0.738. The number of benzene rings is 1. The molecule has 2 aromatic rings. The van der Waals surface area contributed by atoms with Crippen LogP contribution in [0.15, 0.2) is 44.8 Å². The Morgan fingerprint density at radius 1 is 1.53 bits per heavy atom. The highest BCUT2D eigenvalue weighted by Crippen LogP contribution is 2.09. The number of hydrogen-bond acceptors (Lipinski definition) is 4. The van der Waals surface area contributed by atoms with E-state index in [1.165, 1.54) is 0 Å². The molecule has 0 spiro atoms. The van der Waals surface area contributed by atoms with Gasteiger partial charge in [0.2, 0.25) is 4.77 Å². The van der Waals surface area contributed by atoms with E-state index in [1.54, 1.807) is 6.21 Å². The van der Waals surface area contributed by atoms with Crippen LogP contribution in [0.2, 0.25) is 0 Å². The van der Waals surface area contributed by atoms with E-state index in [1.807, 2.05) is 24.3 Å². The number of nitrogens with one attached hydrogen (secondary N) is 1. The number of aromatic amines is 1. The third-order valence-corrected chi connectivity index (χ3v) is 2.66. The molecule has 0 aliphatic carbocycles. The zero-order valence-corrected chi connectivity index (χ0v) is 10.9. The molecule has 0 saturated heterocycles. The minimum Gasteiger partial charge on any atom is -0.265 e. The maximum Gasteiger partial charge on any atom is 0.293 e. The van der Waals surface area contributed by atoms with Gasteiger partial charge in [-0.05, 0) is 29.9 Å². The molecule has 0 atom stereocenters. The lowest BCUT2D eigenvalue weighted by Gasteiger charge is -1.97. The van der Waals surface area contributed by atoms with Crippen LogP contribution in [0, 0.1) is 4.77 Å². The van der Waals surface area contributed by atoms with Crippen molar-refractivity contribution >= 4 is 34.4 Å². The molecule has 0 amide bonds. The van der Waals surface area contributed by atoms with Gasteiger partial charge in [-0.3, -0.25) is 9.89 Å². The van der Waals surface area contributed by atoms with Crippen molar-refractivity contribution in [1.29, 1.82) is 0 Å². The number of halogens is 1. The fourth-order valence-corrected chi connectivity index (χ4v) is 1.77. The maximum atomic E-state index is 11.4. The second kappa shape index (κ2) is 5.15. The lowest BCUT2D eigenvalue weighted by atomic mass is 10.2. The van der Waals surface area contributed by atoms with E-state index in [9.17, 15) is 4.79 Å². The third kappa shape index (κ3) is 2.95. The van der Waals surface area contributed by atoms with Crippen LogP contribution in [0.25, 0.3) is 0 Å². The molecule has 0 fully saturated rings. The van der Waals surface area contributed by atoms with Gasteiger partial charge in [-0.15, -0.1) is 0 Å². The van der Waals surface area contributed by atoms with Crippen LogP contribution >= 0.6 is 28.1 Å². The van der Waals surface area contributed by atoms with Crippen LogP contribution in [0.3, 0.4) is 0 Å². The minimum atomic E-state index is -0.375. The summed E-state index contributed by atoms with van der Waals surface area (Å²) in [5.74, 6) is 0. The first-order valence-corrected chi connectivity index (χ1v) is 5.83. The van der Waals surface area contributed by atoms with Gasteiger partial charge in [-0.1, -0.05) is 28.1 Å². The highest BCUT2D eigenvalue weighted by atomic mass is 79.9. The van der Waals surface area contributed by atoms with Crippen LogP contribution in [0.1, 0.15) is 5.56 Å². The highest BCUT2D eigenvalue weighted by molar-refractivity contribution is 9.10. The van der Waals surface area contributed by atoms with Crippen molar-refractivity contribution in [3.05, 3.63) is 55.6 Å². The molecule has 1 aromatic heterocycles. The van der Waals surface area contributed by atoms with E-state index in [0.29, 0.717) is 0 Å². The van der Waals surface area contributed by atoms with Gasteiger partial charge in [0.05, 0.1) is 6.21 Å². The van der Waals surface area contributed by atoms with Gasteiger partial charge >= 0.3 is 0 Å². The van der Waals surface area contributed by atoms with Gasteiger partial charge in [0, 0.05) is 4.47 Å². The summed E-state index contributed by atoms with van der Waals surface area (Å²) < 4.78 is 2.17. The molecule has 7 heteroatoms. The first-order chi connectivity index (χ1) is 8.16. The zero-order valence-electron chi connectivity index (χ0n) is 8.50. The van der Waals surface area contributed by atoms with Crippen LogP contribution in [-0.4, -0.2) is 21.1 Å². The Bertz CT molecular complexity index is 648. The van der Waals surface area contributed by atoms with E-state index < -0.39 is 0 Å². The summed E-state index contributed by atoms with van der Waals surface area (Å²) >= 11 is 8.25. The Hall–Kier alpha value is -1.60. The Labute approximate surface area is 110 Å². The van der Waals surface area contributed by atoms with Crippen molar-refractivity contribution in [3.8, 4) is 0 Å². The van der Waals surface area contributed by atoms with Crippen molar-refractivity contribution in [2.45, 2.75) is 0 Å².